The Morgan fingerprint density at radius 1 is 1.19 bits per heavy atom. The van der Waals surface area contributed by atoms with Gasteiger partial charge in [-0.2, -0.15) is 0 Å². The molecule has 0 unspecified atom stereocenters. The second-order valence-electron chi connectivity index (χ2n) is 7.42. The summed E-state index contributed by atoms with van der Waals surface area (Å²) < 4.78 is 20.1. The van der Waals surface area contributed by atoms with E-state index in [4.69, 9.17) is 4.74 Å². The van der Waals surface area contributed by atoms with E-state index in [1.807, 2.05) is 30.3 Å². The van der Waals surface area contributed by atoms with E-state index in [0.29, 0.717) is 6.42 Å². The zero-order chi connectivity index (χ0) is 18.1. The number of halogens is 1. The quantitative estimate of drug-likeness (QED) is 0.811. The van der Waals surface area contributed by atoms with Crippen LogP contribution in [0.5, 0.6) is 5.75 Å². The monoisotopic (exact) mass is 353 g/mol. The Morgan fingerprint density at radius 2 is 2.00 bits per heavy atom. The maximum absolute atomic E-state index is 13.7. The third-order valence-corrected chi connectivity index (χ3v) is 5.41. The first kappa shape index (κ1) is 17.2. The number of benzene rings is 2. The van der Waals surface area contributed by atoms with Crippen LogP contribution in [0, 0.1) is 5.82 Å². The molecule has 1 aliphatic carbocycles. The van der Waals surface area contributed by atoms with Crippen molar-refractivity contribution in [3.8, 4) is 5.75 Å². The van der Waals surface area contributed by atoms with Gasteiger partial charge in [-0.25, -0.2) is 4.39 Å². The number of likely N-dealkylation sites (tertiary alicyclic amines) is 1. The van der Waals surface area contributed by atoms with Crippen LogP contribution in [0.3, 0.4) is 0 Å². The minimum Gasteiger partial charge on any atom is -0.484 e. The van der Waals surface area contributed by atoms with Crippen molar-refractivity contribution in [2.45, 2.75) is 44.8 Å². The fourth-order valence-corrected chi connectivity index (χ4v) is 4.27. The van der Waals surface area contributed by atoms with Gasteiger partial charge in [-0.05, 0) is 80.2 Å². The van der Waals surface area contributed by atoms with Crippen LogP contribution >= 0.6 is 0 Å². The summed E-state index contributed by atoms with van der Waals surface area (Å²) in [5.41, 5.74) is 3.09. The van der Waals surface area contributed by atoms with Gasteiger partial charge in [-0.1, -0.05) is 18.2 Å². The molecular formula is C22H24FNO2. The van der Waals surface area contributed by atoms with Gasteiger partial charge >= 0.3 is 0 Å². The molecule has 2 atom stereocenters. The van der Waals surface area contributed by atoms with Crippen molar-refractivity contribution in [3.05, 3.63) is 65.0 Å². The van der Waals surface area contributed by atoms with E-state index in [1.54, 1.807) is 13.0 Å². The molecule has 1 heterocycles. The molecule has 26 heavy (non-hydrogen) atoms. The number of nitrogens with zero attached hydrogens (tertiary/aromatic N) is 1. The minimum atomic E-state index is -0.187. The Kier molecular flexibility index (Phi) is 4.77. The van der Waals surface area contributed by atoms with Gasteiger partial charge < -0.3 is 4.74 Å². The van der Waals surface area contributed by atoms with Crippen molar-refractivity contribution in [3.63, 3.8) is 0 Å². The smallest absolute Gasteiger partial charge is 0.140 e. The number of carbonyl (C=O) groups excluding carboxylic acids is 1. The summed E-state index contributed by atoms with van der Waals surface area (Å²) in [4.78, 5) is 13.9. The van der Waals surface area contributed by atoms with Gasteiger partial charge in [0.15, 0.2) is 0 Å². The van der Waals surface area contributed by atoms with Gasteiger partial charge in [0.2, 0.25) is 0 Å². The molecule has 0 bridgehead atoms. The largest absolute Gasteiger partial charge is 0.484 e. The van der Waals surface area contributed by atoms with Gasteiger partial charge in [0.05, 0.1) is 6.04 Å². The standard InChI is InChI=1S/C22H24FNO2/c1-15(25)11-16-5-4-6-19(12-16)26-22-20-8-7-18(23)13-17(20)14-21(22)24-9-2-3-10-24/h4-8,12-13,21-22H,2-3,9-11,14H2,1H3/t21-,22-/m0/s1. The van der Waals surface area contributed by atoms with Crippen molar-refractivity contribution in [2.24, 2.45) is 0 Å². The van der Waals surface area contributed by atoms with E-state index >= 15 is 0 Å². The number of fused-ring (bicyclic) bond motifs is 1. The van der Waals surface area contributed by atoms with E-state index in [9.17, 15) is 9.18 Å². The molecule has 0 saturated carbocycles. The van der Waals surface area contributed by atoms with Crippen LogP contribution in [-0.4, -0.2) is 29.8 Å². The van der Waals surface area contributed by atoms with Crippen molar-refractivity contribution in [1.82, 2.24) is 4.90 Å². The molecule has 4 rings (SSSR count). The third kappa shape index (κ3) is 3.51. The number of hydrogen-bond donors (Lipinski definition) is 0. The zero-order valence-corrected chi connectivity index (χ0v) is 15.1. The van der Waals surface area contributed by atoms with E-state index in [0.717, 1.165) is 42.0 Å². The maximum Gasteiger partial charge on any atom is 0.140 e. The van der Waals surface area contributed by atoms with E-state index in [-0.39, 0.29) is 23.7 Å². The molecule has 136 valence electrons. The number of rotatable bonds is 5. The van der Waals surface area contributed by atoms with Crippen molar-refractivity contribution < 1.29 is 13.9 Å². The lowest BCUT2D eigenvalue weighted by Gasteiger charge is -2.30. The third-order valence-electron chi connectivity index (χ3n) is 5.41. The molecule has 2 aromatic carbocycles. The van der Waals surface area contributed by atoms with Gasteiger partial charge in [-0.15, -0.1) is 0 Å². The number of hydrogen-bond acceptors (Lipinski definition) is 3. The van der Waals surface area contributed by atoms with E-state index < -0.39 is 0 Å². The summed E-state index contributed by atoms with van der Waals surface area (Å²) in [6.45, 7) is 3.75. The molecule has 2 aromatic rings. The van der Waals surface area contributed by atoms with Crippen LogP contribution < -0.4 is 4.74 Å². The van der Waals surface area contributed by atoms with Crippen molar-refractivity contribution in [1.29, 1.82) is 0 Å². The maximum atomic E-state index is 13.7. The highest BCUT2D eigenvalue weighted by Gasteiger charge is 2.39. The van der Waals surface area contributed by atoms with Crippen LogP contribution in [0.25, 0.3) is 0 Å². The summed E-state index contributed by atoms with van der Waals surface area (Å²) in [5, 5.41) is 0. The van der Waals surface area contributed by atoms with Gasteiger partial charge in [0, 0.05) is 6.42 Å². The first-order valence-electron chi connectivity index (χ1n) is 9.37. The number of Topliss-reactive ketones (excluding diaryl/α,β-unsaturated/α-hetero) is 1. The lowest BCUT2D eigenvalue weighted by molar-refractivity contribution is -0.116. The Labute approximate surface area is 153 Å². The number of ketones is 1. The molecule has 0 radical (unpaired) electrons. The molecule has 0 N–H and O–H groups in total. The molecule has 0 amide bonds. The summed E-state index contributed by atoms with van der Waals surface area (Å²) in [5.74, 6) is 0.724. The summed E-state index contributed by atoms with van der Waals surface area (Å²) in [6.07, 6.45) is 3.56. The van der Waals surface area contributed by atoms with Crippen LogP contribution in [0.1, 0.15) is 42.6 Å². The van der Waals surface area contributed by atoms with Gasteiger partial charge in [0.25, 0.3) is 0 Å². The van der Waals surface area contributed by atoms with Crippen molar-refractivity contribution >= 4 is 5.78 Å². The number of ether oxygens (including phenoxy) is 1. The highest BCUT2D eigenvalue weighted by atomic mass is 19.1. The molecular weight excluding hydrogens is 329 g/mol. The lowest BCUT2D eigenvalue weighted by Crippen LogP contribution is -2.38. The molecule has 1 saturated heterocycles. The normalized spacial score (nSPS) is 22.4. The molecule has 1 fully saturated rings. The lowest BCUT2D eigenvalue weighted by atomic mass is 10.1. The Morgan fingerprint density at radius 3 is 2.77 bits per heavy atom. The van der Waals surface area contributed by atoms with E-state index in [2.05, 4.69) is 4.90 Å². The minimum absolute atomic E-state index is 0.101. The highest BCUT2D eigenvalue weighted by molar-refractivity contribution is 5.78. The first-order chi connectivity index (χ1) is 12.6. The van der Waals surface area contributed by atoms with Gasteiger partial charge in [-0.3, -0.25) is 9.69 Å². The summed E-state index contributed by atoms with van der Waals surface area (Å²) in [6, 6.07) is 13.0. The second-order valence-corrected chi connectivity index (χ2v) is 7.42. The Bertz CT molecular complexity index is 814. The first-order valence-corrected chi connectivity index (χ1v) is 9.37. The Hall–Kier alpha value is -2.20. The van der Waals surface area contributed by atoms with Crippen LogP contribution in [-0.2, 0) is 17.6 Å². The highest BCUT2D eigenvalue weighted by Crippen LogP contribution is 2.39. The molecule has 3 nitrogen and oxygen atoms in total. The zero-order valence-electron chi connectivity index (χ0n) is 15.1. The van der Waals surface area contributed by atoms with Crippen LogP contribution in [0.2, 0.25) is 0 Å². The van der Waals surface area contributed by atoms with Crippen LogP contribution in [0.15, 0.2) is 42.5 Å². The average Bonchev–Trinajstić information content (AvgIpc) is 3.22. The summed E-state index contributed by atoms with van der Waals surface area (Å²) >= 11 is 0. The molecule has 4 heteroatoms. The number of carbonyl (C=O) groups is 1. The van der Waals surface area contributed by atoms with Crippen LogP contribution in [0.4, 0.5) is 4.39 Å². The molecule has 0 aromatic heterocycles. The molecule has 0 spiro atoms. The predicted octanol–water partition coefficient (Wildman–Crippen LogP) is 4.10. The average molecular weight is 353 g/mol. The SMILES string of the molecule is CC(=O)Cc1cccc(O[C@H]2c3ccc(F)cc3C[C@@H]2N2CCCC2)c1. The second kappa shape index (κ2) is 7.20. The van der Waals surface area contributed by atoms with Crippen molar-refractivity contribution in [2.75, 3.05) is 13.1 Å². The predicted molar refractivity (Wildman–Crippen MR) is 98.9 cm³/mol. The summed E-state index contributed by atoms with van der Waals surface area (Å²) in [7, 11) is 0. The Balaban J connectivity index is 1.62. The van der Waals surface area contributed by atoms with E-state index in [1.165, 1.54) is 18.9 Å². The molecule has 1 aliphatic heterocycles. The molecule has 2 aliphatic rings. The topological polar surface area (TPSA) is 29.5 Å². The van der Waals surface area contributed by atoms with Gasteiger partial charge in [0.1, 0.15) is 23.5 Å². The fourth-order valence-electron chi connectivity index (χ4n) is 4.27. The fraction of sp³-hybridized carbons (Fsp3) is 0.409.